The number of nitro groups is 1. The maximum Gasteiger partial charge on any atom is 0.275 e. The fraction of sp³-hybridized carbons (Fsp3) is 0.200. The van der Waals surface area contributed by atoms with Gasteiger partial charge in [-0.2, -0.15) is 0 Å². The summed E-state index contributed by atoms with van der Waals surface area (Å²) in [6.07, 6.45) is 0. The van der Waals surface area contributed by atoms with E-state index in [0.717, 1.165) is 5.56 Å². The second-order valence-electron chi connectivity index (χ2n) is 4.47. The fourth-order valence-corrected chi connectivity index (χ4v) is 2.01. The topological polar surface area (TPSA) is 84.6 Å². The molecule has 2 rings (SSSR count). The Morgan fingerprint density at radius 2 is 2.00 bits per heavy atom. The van der Waals surface area contributed by atoms with Crippen LogP contribution >= 0.6 is 0 Å². The molecular weight excluding hydrogens is 272 g/mol. The maximum absolute atomic E-state index is 10.9. The molecule has 0 aliphatic heterocycles. The van der Waals surface area contributed by atoms with Crippen molar-refractivity contribution in [2.24, 2.45) is 0 Å². The van der Waals surface area contributed by atoms with Crippen molar-refractivity contribution >= 4 is 11.4 Å². The zero-order valence-corrected chi connectivity index (χ0v) is 11.5. The van der Waals surface area contributed by atoms with E-state index >= 15 is 0 Å². The monoisotopic (exact) mass is 288 g/mol. The summed E-state index contributed by atoms with van der Waals surface area (Å²) in [5.74, 6) is 0.386. The van der Waals surface area contributed by atoms with Gasteiger partial charge in [-0.05, 0) is 5.56 Å². The van der Waals surface area contributed by atoms with Crippen molar-refractivity contribution in [3.05, 3.63) is 64.2 Å². The van der Waals surface area contributed by atoms with Crippen LogP contribution < -0.4 is 10.1 Å². The number of methoxy groups -OCH3 is 1. The molecule has 2 aromatic rings. The lowest BCUT2D eigenvalue weighted by atomic mass is 10.1. The first-order valence-electron chi connectivity index (χ1n) is 6.40. The number of hydrogen-bond donors (Lipinski definition) is 2. The third-order valence-electron chi connectivity index (χ3n) is 3.06. The van der Waals surface area contributed by atoms with Crippen molar-refractivity contribution < 1.29 is 14.8 Å². The van der Waals surface area contributed by atoms with Crippen molar-refractivity contribution in [3.8, 4) is 5.75 Å². The number of rotatable bonds is 6. The van der Waals surface area contributed by atoms with Crippen molar-refractivity contribution in [3.63, 3.8) is 0 Å². The Morgan fingerprint density at radius 3 is 2.57 bits per heavy atom. The molecule has 6 heteroatoms. The Balaban J connectivity index is 2.29. The molecule has 0 saturated heterocycles. The summed E-state index contributed by atoms with van der Waals surface area (Å²) in [6.45, 7) is -0.130. The van der Waals surface area contributed by atoms with E-state index in [0.29, 0.717) is 11.4 Å². The second-order valence-corrected chi connectivity index (χ2v) is 4.47. The van der Waals surface area contributed by atoms with Gasteiger partial charge in [-0.3, -0.25) is 10.1 Å². The summed E-state index contributed by atoms with van der Waals surface area (Å²) in [5.41, 5.74) is 1.34. The Bertz CT molecular complexity index is 616. The summed E-state index contributed by atoms with van der Waals surface area (Å²) in [7, 11) is 1.45. The van der Waals surface area contributed by atoms with Gasteiger partial charge in [0.25, 0.3) is 5.69 Å². The first kappa shape index (κ1) is 14.8. The third kappa shape index (κ3) is 3.70. The van der Waals surface area contributed by atoms with Crippen molar-refractivity contribution in [1.29, 1.82) is 0 Å². The van der Waals surface area contributed by atoms with Crippen LogP contribution in [0.1, 0.15) is 11.6 Å². The van der Waals surface area contributed by atoms with Crippen molar-refractivity contribution in [2.45, 2.75) is 6.04 Å². The molecule has 0 aliphatic rings. The molecule has 21 heavy (non-hydrogen) atoms. The lowest BCUT2D eigenvalue weighted by Gasteiger charge is -2.18. The molecule has 6 nitrogen and oxygen atoms in total. The van der Waals surface area contributed by atoms with Crippen LogP contribution in [0.5, 0.6) is 5.75 Å². The van der Waals surface area contributed by atoms with Gasteiger partial charge >= 0.3 is 0 Å². The smallest absolute Gasteiger partial charge is 0.275 e. The van der Waals surface area contributed by atoms with Crippen molar-refractivity contribution in [2.75, 3.05) is 19.0 Å². The zero-order chi connectivity index (χ0) is 15.2. The lowest BCUT2D eigenvalue weighted by molar-refractivity contribution is -0.384. The van der Waals surface area contributed by atoms with Crippen LogP contribution in [0.3, 0.4) is 0 Å². The van der Waals surface area contributed by atoms with E-state index in [2.05, 4.69) is 5.32 Å². The standard InChI is InChI=1S/C15H16N2O4/c1-21-14-8-12(7-13(9-14)17(19)20)16-15(10-18)11-5-3-2-4-6-11/h2-9,15-16,18H,10H2,1H3. The summed E-state index contributed by atoms with van der Waals surface area (Å²) in [6, 6.07) is 13.4. The van der Waals surface area contributed by atoms with Crippen LogP contribution in [0.4, 0.5) is 11.4 Å². The van der Waals surface area contributed by atoms with Gasteiger partial charge in [-0.1, -0.05) is 30.3 Å². The first-order valence-corrected chi connectivity index (χ1v) is 6.40. The van der Waals surface area contributed by atoms with E-state index < -0.39 is 4.92 Å². The van der Waals surface area contributed by atoms with E-state index in [1.807, 2.05) is 30.3 Å². The minimum Gasteiger partial charge on any atom is -0.496 e. The average Bonchev–Trinajstić information content (AvgIpc) is 2.53. The van der Waals surface area contributed by atoms with E-state index in [-0.39, 0.29) is 18.3 Å². The number of nitrogens with one attached hydrogen (secondary N) is 1. The molecule has 0 saturated carbocycles. The highest BCUT2D eigenvalue weighted by Crippen LogP contribution is 2.28. The maximum atomic E-state index is 10.9. The number of aliphatic hydroxyl groups is 1. The third-order valence-corrected chi connectivity index (χ3v) is 3.06. The second kappa shape index (κ2) is 6.71. The van der Waals surface area contributed by atoms with Gasteiger partial charge in [-0.15, -0.1) is 0 Å². The van der Waals surface area contributed by atoms with Crippen molar-refractivity contribution in [1.82, 2.24) is 0 Å². The molecule has 0 aliphatic carbocycles. The molecular formula is C15H16N2O4. The molecule has 0 amide bonds. The number of nitrogens with zero attached hydrogens (tertiary/aromatic N) is 1. The van der Waals surface area contributed by atoms with Crippen LogP contribution in [-0.2, 0) is 0 Å². The van der Waals surface area contributed by atoms with E-state index in [1.165, 1.54) is 19.2 Å². The van der Waals surface area contributed by atoms with Crippen LogP contribution in [0, 0.1) is 10.1 Å². The van der Waals surface area contributed by atoms with E-state index in [1.54, 1.807) is 6.07 Å². The molecule has 1 unspecified atom stereocenters. The zero-order valence-electron chi connectivity index (χ0n) is 11.5. The first-order chi connectivity index (χ1) is 10.1. The van der Waals surface area contributed by atoms with Gasteiger partial charge in [0.15, 0.2) is 0 Å². The number of aliphatic hydroxyl groups excluding tert-OH is 1. The fourth-order valence-electron chi connectivity index (χ4n) is 2.01. The van der Waals surface area contributed by atoms with Gasteiger partial charge in [0.05, 0.1) is 30.7 Å². The molecule has 0 fully saturated rings. The van der Waals surface area contributed by atoms with Gasteiger partial charge in [0, 0.05) is 17.8 Å². The summed E-state index contributed by atoms with van der Waals surface area (Å²) in [4.78, 5) is 10.4. The normalized spacial score (nSPS) is 11.7. The SMILES string of the molecule is COc1cc(NC(CO)c2ccccc2)cc([N+](=O)[O-])c1. The van der Waals surface area contributed by atoms with E-state index in [4.69, 9.17) is 4.74 Å². The largest absolute Gasteiger partial charge is 0.496 e. The van der Waals surface area contributed by atoms with Crippen LogP contribution in [0.15, 0.2) is 48.5 Å². The van der Waals surface area contributed by atoms with E-state index in [9.17, 15) is 15.2 Å². The molecule has 1 atom stereocenters. The quantitative estimate of drug-likeness (QED) is 0.630. The number of anilines is 1. The Hall–Kier alpha value is -2.60. The Labute approximate surface area is 122 Å². The minimum absolute atomic E-state index is 0.0680. The number of non-ortho nitro benzene ring substituents is 1. The predicted octanol–water partition coefficient (Wildman–Crippen LogP) is 2.75. The molecule has 0 radical (unpaired) electrons. The Kier molecular flexibility index (Phi) is 4.73. The van der Waals surface area contributed by atoms with Gasteiger partial charge in [0.2, 0.25) is 0 Å². The molecule has 0 spiro atoms. The average molecular weight is 288 g/mol. The summed E-state index contributed by atoms with van der Waals surface area (Å²) in [5, 5.41) is 23.5. The molecule has 2 N–H and O–H groups in total. The van der Waals surface area contributed by atoms with Crippen LogP contribution in [-0.4, -0.2) is 23.7 Å². The summed E-state index contributed by atoms with van der Waals surface area (Å²) < 4.78 is 5.06. The molecule has 2 aromatic carbocycles. The molecule has 0 aromatic heterocycles. The number of hydrogen-bond acceptors (Lipinski definition) is 5. The molecule has 110 valence electrons. The number of ether oxygens (including phenoxy) is 1. The molecule has 0 heterocycles. The number of benzene rings is 2. The predicted molar refractivity (Wildman–Crippen MR) is 79.5 cm³/mol. The summed E-state index contributed by atoms with van der Waals surface area (Å²) >= 11 is 0. The minimum atomic E-state index is -0.482. The highest BCUT2D eigenvalue weighted by molar-refractivity contribution is 5.57. The van der Waals surface area contributed by atoms with Gasteiger partial charge in [-0.25, -0.2) is 0 Å². The van der Waals surface area contributed by atoms with Crippen LogP contribution in [0.2, 0.25) is 0 Å². The highest BCUT2D eigenvalue weighted by Gasteiger charge is 2.14. The highest BCUT2D eigenvalue weighted by atomic mass is 16.6. The van der Waals surface area contributed by atoms with Gasteiger partial charge < -0.3 is 15.2 Å². The molecule has 0 bridgehead atoms. The van der Waals surface area contributed by atoms with Gasteiger partial charge in [0.1, 0.15) is 5.75 Å². The number of nitro benzene ring substituents is 1. The van der Waals surface area contributed by atoms with Crippen LogP contribution in [0.25, 0.3) is 0 Å². The lowest BCUT2D eigenvalue weighted by Crippen LogP contribution is -2.14. The Morgan fingerprint density at radius 1 is 1.29 bits per heavy atom.